The highest BCUT2D eigenvalue weighted by Gasteiger charge is 2.35. The van der Waals surface area contributed by atoms with Crippen molar-refractivity contribution in [1.29, 1.82) is 0 Å². The van der Waals surface area contributed by atoms with Crippen molar-refractivity contribution in [1.82, 2.24) is 39.6 Å². The Labute approximate surface area is 205 Å². The first-order valence-electron chi connectivity index (χ1n) is 11.5. The number of anilines is 2. The lowest BCUT2D eigenvalue weighted by atomic mass is 9.94. The predicted octanol–water partition coefficient (Wildman–Crippen LogP) is 3.91. The van der Waals surface area contributed by atoms with E-state index < -0.39 is 11.6 Å². The molecule has 1 saturated heterocycles. The van der Waals surface area contributed by atoms with Crippen molar-refractivity contribution in [2.24, 2.45) is 7.05 Å². The summed E-state index contributed by atoms with van der Waals surface area (Å²) < 4.78 is 31.1. The van der Waals surface area contributed by atoms with Gasteiger partial charge in [-0.25, -0.2) is 23.4 Å². The normalized spacial score (nSPS) is 18.2. The standard InChI is InChI=1S/C25H23F2N9/c1-34-13-17(15-3-5-18(26)19(27)11-15)23(14-34)36-22-6-4-16(12-21(22)32-33-36)20-7-9-28-25(30-20)31-24-8-10-29-35(24)2/h3-12,17,23H,13-14H2,1-2H3,(H,28,30,31)/t17-,23?/m0/s1. The number of likely N-dealkylation sites (N-methyl/N-ethyl adjacent to an activating group) is 1. The lowest BCUT2D eigenvalue weighted by Crippen LogP contribution is -2.19. The minimum atomic E-state index is -0.844. The molecule has 9 nitrogen and oxygen atoms in total. The Morgan fingerprint density at radius 3 is 2.64 bits per heavy atom. The largest absolute Gasteiger partial charge is 0.309 e. The molecule has 2 atom stereocenters. The quantitative estimate of drug-likeness (QED) is 0.402. The van der Waals surface area contributed by atoms with E-state index in [0.717, 1.165) is 40.2 Å². The van der Waals surface area contributed by atoms with Gasteiger partial charge in [0.15, 0.2) is 11.6 Å². The average Bonchev–Trinajstić information content (AvgIpc) is 3.59. The Bertz CT molecular complexity index is 1560. The van der Waals surface area contributed by atoms with Gasteiger partial charge in [-0.05, 0) is 42.9 Å². The number of fused-ring (bicyclic) bond motifs is 1. The molecule has 1 aliphatic heterocycles. The molecule has 0 radical (unpaired) electrons. The monoisotopic (exact) mass is 487 g/mol. The van der Waals surface area contributed by atoms with Crippen LogP contribution < -0.4 is 5.32 Å². The van der Waals surface area contributed by atoms with Gasteiger partial charge in [0.25, 0.3) is 0 Å². The first-order valence-corrected chi connectivity index (χ1v) is 11.5. The van der Waals surface area contributed by atoms with Crippen LogP contribution in [0.25, 0.3) is 22.3 Å². The number of nitrogens with one attached hydrogen (secondary N) is 1. The summed E-state index contributed by atoms with van der Waals surface area (Å²) in [6.45, 7) is 1.43. The molecule has 1 N–H and O–H groups in total. The minimum Gasteiger partial charge on any atom is -0.309 e. The highest BCUT2D eigenvalue weighted by Crippen LogP contribution is 2.37. The summed E-state index contributed by atoms with van der Waals surface area (Å²) in [7, 11) is 3.85. The van der Waals surface area contributed by atoms with Crippen molar-refractivity contribution in [3.8, 4) is 11.3 Å². The third-order valence-electron chi connectivity index (χ3n) is 6.64. The topological polar surface area (TPSA) is 89.6 Å². The first kappa shape index (κ1) is 22.2. The lowest BCUT2D eigenvalue weighted by Gasteiger charge is -2.20. The zero-order chi connectivity index (χ0) is 24.8. The second kappa shape index (κ2) is 8.76. The maximum Gasteiger partial charge on any atom is 0.228 e. The number of likely N-dealkylation sites (tertiary alicyclic amines) is 1. The molecule has 5 aromatic rings. The van der Waals surface area contributed by atoms with E-state index >= 15 is 0 Å². The van der Waals surface area contributed by atoms with E-state index in [9.17, 15) is 8.78 Å². The fraction of sp³-hybridized carbons (Fsp3) is 0.240. The number of rotatable bonds is 5. The summed E-state index contributed by atoms with van der Waals surface area (Å²) in [5.74, 6) is -0.483. The van der Waals surface area contributed by atoms with Crippen molar-refractivity contribution in [3.05, 3.63) is 78.1 Å². The summed E-state index contributed by atoms with van der Waals surface area (Å²) in [4.78, 5) is 11.1. The molecule has 6 rings (SSSR count). The smallest absolute Gasteiger partial charge is 0.228 e. The van der Waals surface area contributed by atoms with Gasteiger partial charge in [-0.3, -0.25) is 4.68 Å². The van der Waals surface area contributed by atoms with Gasteiger partial charge in [-0.1, -0.05) is 17.3 Å². The third kappa shape index (κ3) is 3.97. The van der Waals surface area contributed by atoms with Crippen molar-refractivity contribution in [2.75, 3.05) is 25.5 Å². The van der Waals surface area contributed by atoms with Gasteiger partial charge in [0.1, 0.15) is 11.3 Å². The summed E-state index contributed by atoms with van der Waals surface area (Å²) in [5.41, 5.74) is 3.97. The van der Waals surface area contributed by atoms with Crippen LogP contribution in [0.4, 0.5) is 20.5 Å². The second-order valence-electron chi connectivity index (χ2n) is 9.04. The summed E-state index contributed by atoms with van der Waals surface area (Å²) >= 11 is 0. The molecule has 1 aliphatic rings. The fourth-order valence-electron chi connectivity index (χ4n) is 4.83. The molecule has 3 aromatic heterocycles. The number of hydrogen-bond acceptors (Lipinski definition) is 7. The molecule has 182 valence electrons. The molecule has 0 bridgehead atoms. The number of hydrogen-bond donors (Lipinski definition) is 1. The number of aryl methyl sites for hydroxylation is 1. The first-order chi connectivity index (χ1) is 17.5. The van der Waals surface area contributed by atoms with Crippen LogP contribution in [0.5, 0.6) is 0 Å². The van der Waals surface area contributed by atoms with Gasteiger partial charge in [0, 0.05) is 43.9 Å². The molecule has 2 aromatic carbocycles. The molecule has 1 unspecified atom stereocenters. The van der Waals surface area contributed by atoms with Crippen molar-refractivity contribution in [2.45, 2.75) is 12.0 Å². The van der Waals surface area contributed by atoms with Crippen LogP contribution in [-0.2, 0) is 7.05 Å². The number of benzene rings is 2. The summed E-state index contributed by atoms with van der Waals surface area (Å²) in [6.07, 6.45) is 3.39. The van der Waals surface area contributed by atoms with Crippen LogP contribution in [0.1, 0.15) is 17.5 Å². The average molecular weight is 488 g/mol. The Morgan fingerprint density at radius 2 is 1.83 bits per heavy atom. The zero-order valence-electron chi connectivity index (χ0n) is 19.7. The van der Waals surface area contributed by atoms with E-state index in [-0.39, 0.29) is 12.0 Å². The highest BCUT2D eigenvalue weighted by molar-refractivity contribution is 5.81. The van der Waals surface area contributed by atoms with E-state index in [1.54, 1.807) is 23.1 Å². The SMILES string of the molecule is CN1CC(n2nnc3cc(-c4ccnc(Nc5ccnn5C)n4)ccc32)[C@H](c2ccc(F)c(F)c2)C1. The molecule has 36 heavy (non-hydrogen) atoms. The molecular formula is C25H23F2N9. The van der Waals surface area contributed by atoms with Crippen LogP contribution in [0.2, 0.25) is 0 Å². The molecule has 0 amide bonds. The molecule has 0 aliphatic carbocycles. The molecule has 0 saturated carbocycles. The number of nitrogens with zero attached hydrogens (tertiary/aromatic N) is 8. The Kier molecular flexibility index (Phi) is 5.41. The second-order valence-corrected chi connectivity index (χ2v) is 9.04. The highest BCUT2D eigenvalue weighted by atomic mass is 19.2. The lowest BCUT2D eigenvalue weighted by molar-refractivity contribution is 0.382. The van der Waals surface area contributed by atoms with E-state index in [0.29, 0.717) is 12.5 Å². The van der Waals surface area contributed by atoms with Gasteiger partial charge < -0.3 is 10.2 Å². The van der Waals surface area contributed by atoms with Gasteiger partial charge in [0.2, 0.25) is 5.95 Å². The van der Waals surface area contributed by atoms with Gasteiger partial charge >= 0.3 is 0 Å². The predicted molar refractivity (Wildman–Crippen MR) is 131 cm³/mol. The number of halogens is 2. The Morgan fingerprint density at radius 1 is 0.944 bits per heavy atom. The zero-order valence-corrected chi connectivity index (χ0v) is 19.7. The molecular weight excluding hydrogens is 464 g/mol. The molecule has 11 heteroatoms. The maximum atomic E-state index is 14.0. The van der Waals surface area contributed by atoms with Crippen LogP contribution in [0.15, 0.2) is 60.9 Å². The Hall–Kier alpha value is -4.25. The van der Waals surface area contributed by atoms with Crippen LogP contribution in [0, 0.1) is 11.6 Å². The van der Waals surface area contributed by atoms with Crippen molar-refractivity contribution < 1.29 is 8.78 Å². The van der Waals surface area contributed by atoms with E-state index in [1.165, 1.54) is 12.1 Å². The third-order valence-corrected chi connectivity index (χ3v) is 6.64. The number of aromatic nitrogens is 7. The van der Waals surface area contributed by atoms with E-state index in [2.05, 4.69) is 35.6 Å². The molecule has 1 fully saturated rings. The maximum absolute atomic E-state index is 14.0. The fourth-order valence-corrected chi connectivity index (χ4v) is 4.83. The van der Waals surface area contributed by atoms with Gasteiger partial charge in [0.05, 0.1) is 23.4 Å². The summed E-state index contributed by atoms with van der Waals surface area (Å²) in [5, 5.41) is 16.2. The van der Waals surface area contributed by atoms with Crippen molar-refractivity contribution in [3.63, 3.8) is 0 Å². The van der Waals surface area contributed by atoms with E-state index in [4.69, 9.17) is 0 Å². The van der Waals surface area contributed by atoms with Crippen LogP contribution >= 0.6 is 0 Å². The van der Waals surface area contributed by atoms with Crippen LogP contribution in [-0.4, -0.2) is 59.8 Å². The molecule has 0 spiro atoms. The minimum absolute atomic E-state index is 0.0443. The van der Waals surface area contributed by atoms with Gasteiger partial charge in [-0.2, -0.15) is 5.10 Å². The van der Waals surface area contributed by atoms with Gasteiger partial charge in [-0.15, -0.1) is 5.10 Å². The van der Waals surface area contributed by atoms with Crippen molar-refractivity contribution >= 4 is 22.8 Å². The van der Waals surface area contributed by atoms with E-state index in [1.807, 2.05) is 49.1 Å². The molecule has 4 heterocycles. The van der Waals surface area contributed by atoms with Crippen LogP contribution in [0.3, 0.4) is 0 Å². The Balaban J connectivity index is 1.31. The summed E-state index contributed by atoms with van der Waals surface area (Å²) in [6, 6.07) is 13.6.